The Bertz CT molecular complexity index is 1610. The number of hydrogen-bond donors (Lipinski definition) is 0. The van der Waals surface area contributed by atoms with E-state index in [1.165, 1.54) is 49.3 Å². The van der Waals surface area contributed by atoms with Crippen molar-refractivity contribution in [2.24, 2.45) is 7.05 Å². The topological polar surface area (TPSA) is 9.86 Å². The molecule has 0 fully saturated rings. The summed E-state index contributed by atoms with van der Waals surface area (Å²) in [6.45, 7) is 24.0. The van der Waals surface area contributed by atoms with Gasteiger partial charge in [-0.3, -0.25) is 0 Å². The number of nitrogens with zero attached hydrogens (tertiary/aromatic N) is 2. The van der Waals surface area contributed by atoms with Gasteiger partial charge in [0.2, 0.25) is 0 Å². The van der Waals surface area contributed by atoms with Gasteiger partial charge in [-0.05, 0) is 36.4 Å². The lowest BCUT2D eigenvalue weighted by atomic mass is 10.2. The van der Waals surface area contributed by atoms with E-state index >= 15 is 0 Å². The molecule has 0 N–H and O–H groups in total. The van der Waals surface area contributed by atoms with Crippen LogP contribution in [0.4, 0.5) is 0 Å². The normalized spacial score (nSPS) is 9.00. The van der Waals surface area contributed by atoms with Crippen molar-refractivity contribution < 1.29 is 0 Å². The first-order valence-electron chi connectivity index (χ1n) is 17.3. The Morgan fingerprint density at radius 1 is 0.289 bits per heavy atom. The maximum Gasteiger partial charge on any atom is 0.0541 e. The highest BCUT2D eigenvalue weighted by Crippen LogP contribution is 2.31. The maximum absolute atomic E-state index is 2.32. The number of rotatable bonds is 1. The van der Waals surface area contributed by atoms with Crippen LogP contribution < -0.4 is 0 Å². The summed E-state index contributed by atoms with van der Waals surface area (Å²) in [4.78, 5) is 0. The van der Waals surface area contributed by atoms with Crippen molar-refractivity contribution in [1.82, 2.24) is 9.13 Å². The molecule has 0 radical (unpaired) electrons. The molecule has 242 valence electrons. The molecule has 0 aliphatic heterocycles. The van der Waals surface area contributed by atoms with Gasteiger partial charge in [0.05, 0.1) is 11.0 Å². The zero-order valence-electron chi connectivity index (χ0n) is 30.5. The largest absolute Gasteiger partial charge is 0.344 e. The third-order valence-electron chi connectivity index (χ3n) is 6.42. The highest BCUT2D eigenvalue weighted by molar-refractivity contribution is 6.09. The number of aryl methyl sites for hydroxylation is 1. The van der Waals surface area contributed by atoms with Gasteiger partial charge in [0.25, 0.3) is 0 Å². The van der Waals surface area contributed by atoms with Crippen LogP contribution >= 0.6 is 0 Å². The van der Waals surface area contributed by atoms with Crippen LogP contribution in [0.5, 0.6) is 0 Å². The van der Waals surface area contributed by atoms with Crippen LogP contribution in [0.1, 0.15) is 83.1 Å². The molecule has 0 saturated heterocycles. The Balaban J connectivity index is 0.000000661. The maximum atomic E-state index is 2.32. The van der Waals surface area contributed by atoms with E-state index in [1.807, 2.05) is 83.1 Å². The van der Waals surface area contributed by atoms with Gasteiger partial charge in [0, 0.05) is 45.3 Å². The predicted octanol–water partition coefficient (Wildman–Crippen LogP) is 14.3. The van der Waals surface area contributed by atoms with Gasteiger partial charge in [-0.25, -0.2) is 0 Å². The minimum Gasteiger partial charge on any atom is -0.344 e. The van der Waals surface area contributed by atoms with E-state index in [4.69, 9.17) is 0 Å². The molecule has 0 amide bonds. The first-order valence-corrected chi connectivity index (χ1v) is 17.3. The van der Waals surface area contributed by atoms with E-state index in [1.54, 1.807) is 0 Å². The van der Waals surface area contributed by atoms with E-state index in [0.717, 1.165) is 0 Å². The van der Waals surface area contributed by atoms with Crippen LogP contribution in [0.15, 0.2) is 127 Å². The fourth-order valence-electron chi connectivity index (χ4n) is 4.90. The van der Waals surface area contributed by atoms with Gasteiger partial charge >= 0.3 is 0 Å². The van der Waals surface area contributed by atoms with Crippen LogP contribution in [-0.4, -0.2) is 9.13 Å². The summed E-state index contributed by atoms with van der Waals surface area (Å²) in [6.07, 6.45) is 0. The van der Waals surface area contributed by atoms with E-state index in [-0.39, 0.29) is 0 Å². The molecule has 0 spiro atoms. The molecule has 2 aromatic heterocycles. The van der Waals surface area contributed by atoms with E-state index in [0.29, 0.717) is 0 Å². The number of benzene rings is 5. The van der Waals surface area contributed by atoms with Crippen molar-refractivity contribution >= 4 is 43.6 Å². The second-order valence-electron chi connectivity index (χ2n) is 8.30. The SMILES string of the molecule is CC.CC.CC.CC.CC.CC.Cn1c2ccccc2c2ccccc21.c1ccc(-n2c3ccccc3c3ccccc32)cc1. The number of aromatic nitrogens is 2. The first-order chi connectivity index (χ1) is 22.3. The average molecular weight is 605 g/mol. The Kier molecular flexibility index (Phi) is 21.8. The van der Waals surface area contributed by atoms with E-state index < -0.39 is 0 Å². The summed E-state index contributed by atoms with van der Waals surface area (Å²) in [5, 5.41) is 5.29. The molecular formula is C43H60N2. The van der Waals surface area contributed by atoms with Crippen molar-refractivity contribution in [2.75, 3.05) is 0 Å². The zero-order chi connectivity index (χ0) is 34.2. The summed E-state index contributed by atoms with van der Waals surface area (Å²) >= 11 is 0. The smallest absolute Gasteiger partial charge is 0.0541 e. The summed E-state index contributed by atoms with van der Waals surface area (Å²) in [5.74, 6) is 0. The molecule has 0 saturated carbocycles. The van der Waals surface area contributed by atoms with Crippen molar-refractivity contribution in [3.05, 3.63) is 127 Å². The van der Waals surface area contributed by atoms with Crippen LogP contribution in [0, 0.1) is 0 Å². The summed E-state index contributed by atoms with van der Waals surface area (Å²) < 4.78 is 4.56. The van der Waals surface area contributed by atoms with Gasteiger partial charge in [-0.1, -0.05) is 174 Å². The molecule has 5 aromatic carbocycles. The van der Waals surface area contributed by atoms with E-state index in [9.17, 15) is 0 Å². The molecule has 0 aliphatic rings. The first kappa shape index (κ1) is 40.7. The quantitative estimate of drug-likeness (QED) is 0.176. The van der Waals surface area contributed by atoms with Crippen molar-refractivity contribution in [3.8, 4) is 5.69 Å². The van der Waals surface area contributed by atoms with Crippen molar-refractivity contribution in [2.45, 2.75) is 83.1 Å². The molecule has 45 heavy (non-hydrogen) atoms. The lowest BCUT2D eigenvalue weighted by molar-refractivity contribution is 1.01. The van der Waals surface area contributed by atoms with E-state index in [2.05, 4.69) is 144 Å². The standard InChI is InChI=1S/C18H13N.C13H11N.6C2H6/c1-2-8-14(9-3-1)19-17-12-6-4-10-15(17)16-11-5-7-13-18(16)19;1-14-12-8-4-2-6-10(12)11-7-3-5-9-13(11)14;6*1-2/h1-13H;2-9H,1H3;6*1-2H3. The number of fused-ring (bicyclic) bond motifs is 6. The molecule has 0 atom stereocenters. The average Bonchev–Trinajstić information content (AvgIpc) is 3.66. The molecule has 2 nitrogen and oxygen atoms in total. The second-order valence-corrected chi connectivity index (χ2v) is 8.30. The molecule has 0 aliphatic carbocycles. The summed E-state index contributed by atoms with van der Waals surface area (Å²) in [5.41, 5.74) is 6.33. The molecular weight excluding hydrogens is 544 g/mol. The van der Waals surface area contributed by atoms with Crippen molar-refractivity contribution in [1.29, 1.82) is 0 Å². The van der Waals surface area contributed by atoms with Crippen LogP contribution in [0.2, 0.25) is 0 Å². The molecule has 7 aromatic rings. The number of hydrogen-bond acceptors (Lipinski definition) is 0. The molecule has 2 heteroatoms. The van der Waals surface area contributed by atoms with Gasteiger partial charge < -0.3 is 9.13 Å². The molecule has 2 heterocycles. The highest BCUT2D eigenvalue weighted by Gasteiger charge is 2.10. The van der Waals surface area contributed by atoms with Gasteiger partial charge in [0.15, 0.2) is 0 Å². The Morgan fingerprint density at radius 3 is 0.867 bits per heavy atom. The minimum atomic E-state index is 1.21. The zero-order valence-corrected chi connectivity index (χ0v) is 30.5. The minimum absolute atomic E-state index is 1.21. The molecule has 0 unspecified atom stereocenters. The number of para-hydroxylation sites is 5. The molecule has 0 bridgehead atoms. The van der Waals surface area contributed by atoms with Crippen LogP contribution in [0.3, 0.4) is 0 Å². The fourth-order valence-corrected chi connectivity index (χ4v) is 4.90. The summed E-state index contributed by atoms with van der Waals surface area (Å²) in [6, 6.07) is 44.7. The Hall–Kier alpha value is -4.30. The van der Waals surface area contributed by atoms with Crippen LogP contribution in [-0.2, 0) is 7.05 Å². The van der Waals surface area contributed by atoms with Gasteiger partial charge in [-0.15, -0.1) is 0 Å². The van der Waals surface area contributed by atoms with Crippen molar-refractivity contribution in [3.63, 3.8) is 0 Å². The third kappa shape index (κ3) is 9.85. The van der Waals surface area contributed by atoms with Gasteiger partial charge in [-0.2, -0.15) is 0 Å². The van der Waals surface area contributed by atoms with Gasteiger partial charge in [0.1, 0.15) is 0 Å². The Labute approximate surface area is 275 Å². The highest BCUT2D eigenvalue weighted by atomic mass is 15.0. The Morgan fingerprint density at radius 2 is 0.533 bits per heavy atom. The predicted molar refractivity (Wildman–Crippen MR) is 209 cm³/mol. The second kappa shape index (κ2) is 24.1. The fraction of sp³-hybridized carbons (Fsp3) is 0.302. The lowest BCUT2D eigenvalue weighted by Crippen LogP contribution is -1.92. The lowest BCUT2D eigenvalue weighted by Gasteiger charge is -2.06. The third-order valence-corrected chi connectivity index (χ3v) is 6.42. The van der Waals surface area contributed by atoms with Crippen LogP contribution in [0.25, 0.3) is 49.3 Å². The summed E-state index contributed by atoms with van der Waals surface area (Å²) in [7, 11) is 2.12. The molecule has 7 rings (SSSR count). The monoisotopic (exact) mass is 604 g/mol.